The van der Waals surface area contributed by atoms with E-state index in [0.717, 1.165) is 48.3 Å². The van der Waals surface area contributed by atoms with Crippen LogP contribution in [0.5, 0.6) is 0 Å². The topological polar surface area (TPSA) is 0 Å². The smallest absolute Gasteiger partial charge is 0.0157 e. The van der Waals surface area contributed by atoms with Gasteiger partial charge in [0, 0.05) is 0 Å². The zero-order chi connectivity index (χ0) is 19.7. The third-order valence-corrected chi connectivity index (χ3v) is 8.17. The van der Waals surface area contributed by atoms with Crippen LogP contribution in [-0.4, -0.2) is 0 Å². The Morgan fingerprint density at radius 3 is 1.07 bits per heavy atom. The third-order valence-electron chi connectivity index (χ3n) is 8.17. The molecule has 0 aliphatic heterocycles. The monoisotopic (exact) mass is 374 g/mol. The highest BCUT2D eigenvalue weighted by molar-refractivity contribution is 5.29. The summed E-state index contributed by atoms with van der Waals surface area (Å²) in [5, 5.41) is 0. The minimum atomic E-state index is 0.785. The lowest BCUT2D eigenvalue weighted by Crippen LogP contribution is -1.97. The Morgan fingerprint density at radius 2 is 0.786 bits per heavy atom. The molecule has 0 nitrogen and oxygen atoms in total. The van der Waals surface area contributed by atoms with Gasteiger partial charge < -0.3 is 0 Å². The summed E-state index contributed by atoms with van der Waals surface area (Å²) in [5.41, 5.74) is 6.07. The molecule has 150 valence electrons. The molecule has 0 saturated heterocycles. The molecule has 2 saturated carbocycles. The van der Waals surface area contributed by atoms with E-state index in [1.807, 2.05) is 0 Å². The second kappa shape index (κ2) is 8.44. The van der Waals surface area contributed by atoms with Gasteiger partial charge in [-0.15, -0.1) is 0 Å². The molecule has 4 unspecified atom stereocenters. The predicted octanol–water partition coefficient (Wildman–Crippen LogP) is 7.77. The lowest BCUT2D eigenvalue weighted by Gasteiger charge is -2.12. The molecule has 28 heavy (non-hydrogen) atoms. The van der Waals surface area contributed by atoms with Crippen LogP contribution in [0.1, 0.15) is 87.5 Å². The second-order valence-corrected chi connectivity index (χ2v) is 10.2. The fourth-order valence-corrected chi connectivity index (χ4v) is 5.66. The van der Waals surface area contributed by atoms with Crippen molar-refractivity contribution in [3.63, 3.8) is 0 Å². The summed E-state index contributed by atoms with van der Waals surface area (Å²) in [6.07, 6.45) is 7.76. The summed E-state index contributed by atoms with van der Waals surface area (Å²) in [6.45, 7) is 9.66. The molecule has 0 heterocycles. The molecule has 2 fully saturated rings. The number of aryl methyl sites for hydroxylation is 2. The van der Waals surface area contributed by atoms with E-state index in [1.54, 1.807) is 11.1 Å². The van der Waals surface area contributed by atoms with Crippen molar-refractivity contribution in [1.29, 1.82) is 0 Å². The van der Waals surface area contributed by atoms with Gasteiger partial charge in [0.25, 0.3) is 0 Å². The third kappa shape index (κ3) is 4.37. The van der Waals surface area contributed by atoms with Crippen molar-refractivity contribution >= 4 is 0 Å². The van der Waals surface area contributed by atoms with Crippen LogP contribution in [0.4, 0.5) is 0 Å². The molecule has 0 bridgehead atoms. The van der Waals surface area contributed by atoms with Crippen molar-refractivity contribution in [2.75, 3.05) is 0 Å². The van der Waals surface area contributed by atoms with Gasteiger partial charge in [-0.3, -0.25) is 0 Å². The van der Waals surface area contributed by atoms with Crippen LogP contribution < -0.4 is 0 Å². The van der Waals surface area contributed by atoms with Crippen molar-refractivity contribution < 1.29 is 0 Å². The van der Waals surface area contributed by atoms with E-state index < -0.39 is 0 Å². The molecule has 0 amide bonds. The van der Waals surface area contributed by atoms with Crippen molar-refractivity contribution in [2.45, 2.75) is 78.1 Å². The summed E-state index contributed by atoms with van der Waals surface area (Å²) >= 11 is 0. The first-order valence-corrected chi connectivity index (χ1v) is 11.7. The summed E-state index contributed by atoms with van der Waals surface area (Å²) < 4.78 is 0. The maximum absolute atomic E-state index is 2.41. The molecule has 0 spiro atoms. The van der Waals surface area contributed by atoms with Crippen LogP contribution in [-0.2, 0) is 12.8 Å². The van der Waals surface area contributed by atoms with Gasteiger partial charge in [0.15, 0.2) is 0 Å². The Bertz CT molecular complexity index is 666. The Kier molecular flexibility index (Phi) is 5.95. The molecule has 0 aromatic heterocycles. The van der Waals surface area contributed by atoms with E-state index in [9.17, 15) is 0 Å². The summed E-state index contributed by atoms with van der Waals surface area (Å²) in [5.74, 6) is 5.08. The highest BCUT2D eigenvalue weighted by atomic mass is 14.3. The fourth-order valence-electron chi connectivity index (χ4n) is 5.66. The van der Waals surface area contributed by atoms with Gasteiger partial charge in [0.2, 0.25) is 0 Å². The maximum atomic E-state index is 2.41. The van der Waals surface area contributed by atoms with Crippen molar-refractivity contribution in [3.8, 4) is 0 Å². The predicted molar refractivity (Wildman–Crippen MR) is 121 cm³/mol. The molecule has 0 N–H and O–H groups in total. The van der Waals surface area contributed by atoms with E-state index >= 15 is 0 Å². The zero-order valence-electron chi connectivity index (χ0n) is 18.3. The van der Waals surface area contributed by atoms with Gasteiger partial charge in [0.05, 0.1) is 0 Å². The fraction of sp³-hybridized carbons (Fsp3) is 0.571. The van der Waals surface area contributed by atoms with E-state index in [1.165, 1.54) is 36.8 Å². The van der Waals surface area contributed by atoms with Crippen molar-refractivity contribution in [1.82, 2.24) is 0 Å². The lowest BCUT2D eigenvalue weighted by atomic mass is 9.93. The van der Waals surface area contributed by atoms with E-state index in [-0.39, 0.29) is 0 Å². The molecule has 2 aromatic carbocycles. The van der Waals surface area contributed by atoms with Crippen LogP contribution in [0.15, 0.2) is 48.5 Å². The molecule has 0 heteroatoms. The summed E-state index contributed by atoms with van der Waals surface area (Å²) in [7, 11) is 0. The first-order valence-electron chi connectivity index (χ1n) is 11.7. The van der Waals surface area contributed by atoms with Gasteiger partial charge in [-0.2, -0.15) is 0 Å². The Morgan fingerprint density at radius 1 is 0.500 bits per heavy atom. The molecule has 2 aromatic rings. The van der Waals surface area contributed by atoms with Crippen LogP contribution in [0.2, 0.25) is 0 Å². The molecular formula is C28H38. The number of rotatable bonds is 5. The molecule has 0 radical (unpaired) electrons. The molecule has 2 aliphatic rings. The van der Waals surface area contributed by atoms with Crippen LogP contribution in [0.25, 0.3) is 0 Å². The molecule has 4 atom stereocenters. The van der Waals surface area contributed by atoms with Crippen LogP contribution >= 0.6 is 0 Å². The van der Waals surface area contributed by atoms with Crippen molar-refractivity contribution in [2.24, 2.45) is 23.7 Å². The minimum absolute atomic E-state index is 0.785. The number of hydrogen-bond acceptors (Lipinski definition) is 0. The van der Waals surface area contributed by atoms with E-state index in [0.29, 0.717) is 0 Å². The van der Waals surface area contributed by atoms with Gasteiger partial charge in [0.1, 0.15) is 0 Å². The Hall–Kier alpha value is -1.56. The second-order valence-electron chi connectivity index (χ2n) is 10.2. The average molecular weight is 375 g/mol. The summed E-state index contributed by atoms with van der Waals surface area (Å²) in [4.78, 5) is 0. The van der Waals surface area contributed by atoms with Gasteiger partial charge in [-0.1, -0.05) is 76.2 Å². The highest BCUT2D eigenvalue weighted by Gasteiger charge is 2.29. The van der Waals surface area contributed by atoms with E-state index in [2.05, 4.69) is 76.2 Å². The van der Waals surface area contributed by atoms with Gasteiger partial charge in [-0.05, 0) is 96.3 Å². The summed E-state index contributed by atoms with van der Waals surface area (Å²) in [6, 6.07) is 19.1. The lowest BCUT2D eigenvalue weighted by molar-refractivity contribution is 0.457. The molecule has 4 rings (SSSR count). The average Bonchev–Trinajstić information content (AvgIpc) is 3.22. The molecular weight excluding hydrogens is 336 g/mol. The first kappa shape index (κ1) is 19.7. The van der Waals surface area contributed by atoms with Gasteiger partial charge in [-0.25, -0.2) is 0 Å². The maximum Gasteiger partial charge on any atom is -0.0157 e. The Balaban J connectivity index is 1.31. The van der Waals surface area contributed by atoms with Crippen molar-refractivity contribution in [3.05, 3.63) is 70.8 Å². The first-order chi connectivity index (χ1) is 13.5. The largest absolute Gasteiger partial charge is 0.0622 e. The van der Waals surface area contributed by atoms with Crippen LogP contribution in [0, 0.1) is 23.7 Å². The van der Waals surface area contributed by atoms with E-state index in [4.69, 9.17) is 0 Å². The standard InChI is InChI=1S/C28H38/c1-19-15-27(16-20(19)2)25-11-7-23(8-12-25)5-6-24-9-13-26(14-10-24)28-17-21(3)22(4)18-28/h7-14,19-22,27-28H,5-6,15-18H2,1-4H3. The number of benzene rings is 2. The quantitative estimate of drug-likeness (QED) is 0.501. The zero-order valence-corrected chi connectivity index (χ0v) is 18.3. The normalized spacial score (nSPS) is 32.7. The highest BCUT2D eigenvalue weighted by Crippen LogP contribution is 2.42. The Labute approximate surface area is 172 Å². The minimum Gasteiger partial charge on any atom is -0.0622 e. The SMILES string of the molecule is CC1CC(c2ccc(CCc3ccc(C4CC(C)C(C)C4)cc3)cc2)CC1C. The van der Waals surface area contributed by atoms with Crippen LogP contribution in [0.3, 0.4) is 0 Å². The molecule has 2 aliphatic carbocycles. The number of hydrogen-bond donors (Lipinski definition) is 0. The van der Waals surface area contributed by atoms with Gasteiger partial charge >= 0.3 is 0 Å².